The molecule has 0 bridgehead atoms. The molecule has 220 valence electrons. The van der Waals surface area contributed by atoms with E-state index in [9.17, 15) is 14.0 Å². The van der Waals surface area contributed by atoms with Gasteiger partial charge in [0.25, 0.3) is 5.91 Å². The first-order valence-corrected chi connectivity index (χ1v) is 14.7. The lowest BCUT2D eigenvalue weighted by atomic mass is 10.0. The SMILES string of the molecule is COC(=O)C(Cc1ccc(OCc2ccc(F)cc2)cc1)NC(=O)c1cc2cc(-c3ccc(OC(C)C)cc3)ccc2s1. The first-order valence-electron chi connectivity index (χ1n) is 13.9. The Kier molecular flexibility index (Phi) is 9.37. The number of ether oxygens (including phenoxy) is 3. The van der Waals surface area contributed by atoms with Gasteiger partial charge in [-0.15, -0.1) is 11.3 Å². The Morgan fingerprint density at radius 3 is 2.14 bits per heavy atom. The summed E-state index contributed by atoms with van der Waals surface area (Å²) in [7, 11) is 1.30. The second-order valence-electron chi connectivity index (χ2n) is 10.4. The summed E-state index contributed by atoms with van der Waals surface area (Å²) >= 11 is 1.37. The lowest BCUT2D eigenvalue weighted by molar-refractivity contribution is -0.142. The predicted octanol–water partition coefficient (Wildman–Crippen LogP) is 7.59. The summed E-state index contributed by atoms with van der Waals surface area (Å²) in [6.07, 6.45) is 0.360. The summed E-state index contributed by atoms with van der Waals surface area (Å²) in [6.45, 7) is 4.29. The Hall–Kier alpha value is -4.69. The molecule has 0 radical (unpaired) electrons. The first kappa shape index (κ1) is 29.8. The molecular formula is C35H32FNO5S. The number of thiophene rings is 1. The van der Waals surface area contributed by atoms with Crippen molar-refractivity contribution in [2.45, 2.75) is 39.0 Å². The zero-order valence-corrected chi connectivity index (χ0v) is 25.0. The molecule has 8 heteroatoms. The molecule has 5 aromatic rings. The molecule has 0 aliphatic heterocycles. The Balaban J connectivity index is 1.24. The van der Waals surface area contributed by atoms with Gasteiger partial charge in [0.2, 0.25) is 0 Å². The number of nitrogens with one attached hydrogen (secondary N) is 1. The zero-order chi connectivity index (χ0) is 30.3. The maximum Gasteiger partial charge on any atom is 0.328 e. The molecule has 4 aromatic carbocycles. The van der Waals surface area contributed by atoms with Gasteiger partial charge in [-0.05, 0) is 96.1 Å². The molecule has 43 heavy (non-hydrogen) atoms. The van der Waals surface area contributed by atoms with Crippen molar-refractivity contribution in [1.82, 2.24) is 5.32 Å². The van der Waals surface area contributed by atoms with Crippen molar-refractivity contribution in [2.24, 2.45) is 0 Å². The molecule has 6 nitrogen and oxygen atoms in total. The maximum atomic E-state index is 13.2. The molecule has 0 aliphatic rings. The van der Waals surface area contributed by atoms with Crippen LogP contribution in [0.15, 0.2) is 97.1 Å². The van der Waals surface area contributed by atoms with Gasteiger partial charge in [0, 0.05) is 11.1 Å². The summed E-state index contributed by atoms with van der Waals surface area (Å²) in [6, 6.07) is 28.4. The smallest absolute Gasteiger partial charge is 0.328 e. The van der Waals surface area contributed by atoms with E-state index in [-0.39, 0.29) is 24.2 Å². The summed E-state index contributed by atoms with van der Waals surface area (Å²) in [5, 5.41) is 3.79. The van der Waals surface area contributed by atoms with Gasteiger partial charge in [-0.25, -0.2) is 9.18 Å². The molecule has 0 aliphatic carbocycles. The highest BCUT2D eigenvalue weighted by Gasteiger charge is 2.24. The minimum absolute atomic E-state index is 0.108. The second kappa shape index (κ2) is 13.5. The molecular weight excluding hydrogens is 565 g/mol. The predicted molar refractivity (Wildman–Crippen MR) is 167 cm³/mol. The lowest BCUT2D eigenvalue weighted by Crippen LogP contribution is -2.42. The van der Waals surface area contributed by atoms with Crippen LogP contribution in [0.1, 0.15) is 34.6 Å². The fraction of sp³-hybridized carbons (Fsp3) is 0.200. The maximum absolute atomic E-state index is 13.2. The van der Waals surface area contributed by atoms with E-state index < -0.39 is 12.0 Å². The number of benzene rings is 4. The largest absolute Gasteiger partial charge is 0.491 e. The molecule has 1 N–H and O–H groups in total. The summed E-state index contributed by atoms with van der Waals surface area (Å²) < 4.78 is 30.6. The van der Waals surface area contributed by atoms with Gasteiger partial charge in [0.1, 0.15) is 30.0 Å². The normalized spacial score (nSPS) is 11.7. The highest BCUT2D eigenvalue weighted by molar-refractivity contribution is 7.20. The van der Waals surface area contributed by atoms with Crippen LogP contribution in [0.25, 0.3) is 21.2 Å². The van der Waals surface area contributed by atoms with E-state index in [0.29, 0.717) is 17.2 Å². The van der Waals surface area contributed by atoms with E-state index in [4.69, 9.17) is 14.2 Å². The number of methoxy groups -OCH3 is 1. The van der Waals surface area contributed by atoms with Crippen LogP contribution in [-0.2, 0) is 22.6 Å². The number of rotatable bonds is 11. The monoisotopic (exact) mass is 597 g/mol. The van der Waals surface area contributed by atoms with Gasteiger partial charge in [-0.1, -0.05) is 42.5 Å². The third-order valence-corrected chi connectivity index (χ3v) is 7.89. The van der Waals surface area contributed by atoms with Gasteiger partial charge in [0.15, 0.2) is 0 Å². The van der Waals surface area contributed by atoms with E-state index in [1.807, 2.05) is 68.4 Å². The zero-order valence-electron chi connectivity index (χ0n) is 24.1. The highest BCUT2D eigenvalue weighted by atomic mass is 32.1. The van der Waals surface area contributed by atoms with Crippen LogP contribution < -0.4 is 14.8 Å². The van der Waals surface area contributed by atoms with Crippen LogP contribution >= 0.6 is 11.3 Å². The van der Waals surface area contributed by atoms with E-state index in [2.05, 4.69) is 11.4 Å². The molecule has 0 saturated heterocycles. The van der Waals surface area contributed by atoms with Crippen LogP contribution in [0.3, 0.4) is 0 Å². The van der Waals surface area contributed by atoms with Crippen LogP contribution in [0.5, 0.6) is 11.5 Å². The number of fused-ring (bicyclic) bond motifs is 1. The Morgan fingerprint density at radius 1 is 0.814 bits per heavy atom. The average molecular weight is 598 g/mol. The van der Waals surface area contributed by atoms with Crippen LogP contribution in [0.4, 0.5) is 4.39 Å². The third-order valence-electron chi connectivity index (χ3n) is 6.77. The quantitative estimate of drug-likeness (QED) is 0.159. The Labute approximate surface area is 254 Å². The van der Waals surface area contributed by atoms with Gasteiger partial charge in [-0.2, -0.15) is 0 Å². The van der Waals surface area contributed by atoms with Gasteiger partial charge in [0.05, 0.1) is 18.1 Å². The molecule has 0 spiro atoms. The van der Waals surface area contributed by atoms with Gasteiger partial charge in [-0.3, -0.25) is 4.79 Å². The summed E-state index contributed by atoms with van der Waals surface area (Å²) in [5.74, 6) is 0.291. The number of esters is 1. The number of amides is 1. The van der Waals surface area contributed by atoms with Crippen LogP contribution in [0.2, 0.25) is 0 Å². The van der Waals surface area contributed by atoms with E-state index >= 15 is 0 Å². The topological polar surface area (TPSA) is 73.9 Å². The van der Waals surface area contributed by atoms with Crippen LogP contribution in [0, 0.1) is 5.82 Å². The van der Waals surface area contributed by atoms with E-state index in [1.54, 1.807) is 24.3 Å². The average Bonchev–Trinajstić information content (AvgIpc) is 3.45. The van der Waals surface area contributed by atoms with Crippen molar-refractivity contribution >= 4 is 33.3 Å². The minimum Gasteiger partial charge on any atom is -0.491 e. The van der Waals surface area contributed by atoms with Crippen molar-refractivity contribution in [3.63, 3.8) is 0 Å². The molecule has 1 heterocycles. The molecule has 1 amide bonds. The van der Waals surface area contributed by atoms with Crippen molar-refractivity contribution < 1.29 is 28.2 Å². The van der Waals surface area contributed by atoms with Crippen LogP contribution in [-0.4, -0.2) is 31.1 Å². The fourth-order valence-electron chi connectivity index (χ4n) is 4.60. The lowest BCUT2D eigenvalue weighted by Gasteiger charge is -2.16. The minimum atomic E-state index is -0.865. The molecule has 1 unspecified atom stereocenters. The highest BCUT2D eigenvalue weighted by Crippen LogP contribution is 2.31. The molecule has 1 atom stereocenters. The van der Waals surface area contributed by atoms with Crippen molar-refractivity contribution in [3.05, 3.63) is 119 Å². The third kappa shape index (κ3) is 7.78. The number of hydrogen-bond acceptors (Lipinski definition) is 6. The van der Waals surface area contributed by atoms with Crippen molar-refractivity contribution in [2.75, 3.05) is 7.11 Å². The molecule has 0 fully saturated rings. The Morgan fingerprint density at radius 2 is 1.47 bits per heavy atom. The first-order chi connectivity index (χ1) is 20.8. The molecule has 1 aromatic heterocycles. The number of carbonyl (C=O) groups is 2. The summed E-state index contributed by atoms with van der Waals surface area (Å²) in [5.41, 5.74) is 3.76. The Bertz CT molecular complexity index is 1700. The number of halogens is 1. The van der Waals surface area contributed by atoms with E-state index in [1.165, 1.54) is 30.6 Å². The second-order valence-corrected chi connectivity index (χ2v) is 11.5. The number of hydrogen-bond donors (Lipinski definition) is 1. The number of carbonyl (C=O) groups excluding carboxylic acids is 2. The standard InChI is InChI=1S/C35H32FNO5S/c1-22(2)42-30-15-8-25(9-16-30)26-10-17-32-27(19-26)20-33(43-32)34(38)37-31(35(39)40-3)18-23-6-13-29(14-7-23)41-21-24-4-11-28(36)12-5-24/h4-17,19-20,22,31H,18,21H2,1-3H3,(H,37,38). The van der Waals surface area contributed by atoms with Gasteiger partial charge < -0.3 is 19.5 Å². The van der Waals surface area contributed by atoms with Crippen molar-refractivity contribution in [3.8, 4) is 22.6 Å². The molecule has 5 rings (SSSR count). The fourth-order valence-corrected chi connectivity index (χ4v) is 5.55. The van der Waals surface area contributed by atoms with Crippen molar-refractivity contribution in [1.29, 1.82) is 0 Å². The summed E-state index contributed by atoms with van der Waals surface area (Å²) in [4.78, 5) is 26.3. The molecule has 0 saturated carbocycles. The van der Waals surface area contributed by atoms with E-state index in [0.717, 1.165) is 38.1 Å². The van der Waals surface area contributed by atoms with Gasteiger partial charge >= 0.3 is 5.97 Å².